The van der Waals surface area contributed by atoms with Crippen molar-refractivity contribution in [2.45, 2.75) is 18.1 Å². The van der Waals surface area contributed by atoms with Crippen molar-refractivity contribution in [1.82, 2.24) is 5.32 Å². The molecule has 1 heterocycles. The van der Waals surface area contributed by atoms with Crippen LogP contribution in [0.25, 0.3) is 0 Å². The summed E-state index contributed by atoms with van der Waals surface area (Å²) < 4.78 is -0.602. The second-order valence-electron chi connectivity index (χ2n) is 3.71. The highest BCUT2D eigenvalue weighted by atomic mass is 32.2. The number of nitrogens with one attached hydrogen (secondary N) is 1. The van der Waals surface area contributed by atoms with Crippen LogP contribution in [0.4, 0.5) is 0 Å². The largest absolute Gasteiger partial charge is 0.294 e. The van der Waals surface area contributed by atoms with E-state index in [1.54, 1.807) is 0 Å². The summed E-state index contributed by atoms with van der Waals surface area (Å²) in [6, 6.07) is 9.62. The Morgan fingerprint density at radius 3 is 2.56 bits per heavy atom. The van der Waals surface area contributed by atoms with Crippen LogP contribution in [0.2, 0.25) is 0 Å². The van der Waals surface area contributed by atoms with Gasteiger partial charge in [-0.05, 0) is 12.0 Å². The van der Waals surface area contributed by atoms with E-state index in [0.29, 0.717) is 12.2 Å². The maximum Gasteiger partial charge on any atom is 0.247 e. The first-order valence-corrected chi connectivity index (χ1v) is 6.21. The summed E-state index contributed by atoms with van der Waals surface area (Å²) in [5.41, 5.74) is 0.965. The van der Waals surface area contributed by atoms with Crippen molar-refractivity contribution in [2.75, 3.05) is 5.75 Å². The number of amides is 2. The molecule has 16 heavy (non-hydrogen) atoms. The van der Waals surface area contributed by atoms with Gasteiger partial charge < -0.3 is 0 Å². The second-order valence-corrected chi connectivity index (χ2v) is 4.99. The van der Waals surface area contributed by atoms with Gasteiger partial charge in [-0.2, -0.15) is 0 Å². The lowest BCUT2D eigenvalue weighted by Gasteiger charge is -2.34. The predicted molar refractivity (Wildman–Crippen MR) is 64.0 cm³/mol. The van der Waals surface area contributed by atoms with Crippen molar-refractivity contribution in [3.8, 4) is 0 Å². The highest BCUT2D eigenvalue weighted by molar-refractivity contribution is 8.01. The molecule has 1 aromatic carbocycles. The molecule has 0 spiro atoms. The summed E-state index contributed by atoms with van der Waals surface area (Å²) in [7, 11) is 0. The maximum absolute atomic E-state index is 12.0. The van der Waals surface area contributed by atoms with Crippen molar-refractivity contribution >= 4 is 23.6 Å². The van der Waals surface area contributed by atoms with Gasteiger partial charge in [0.15, 0.2) is 0 Å². The number of imide groups is 1. The fourth-order valence-electron chi connectivity index (χ4n) is 1.91. The number of hydrogen-bond donors (Lipinski definition) is 1. The molecule has 84 valence electrons. The third-order valence-corrected chi connectivity index (χ3v) is 4.42. The monoisotopic (exact) mass is 235 g/mol. The number of rotatable bonds is 2. The molecule has 2 amide bonds. The van der Waals surface area contributed by atoms with Crippen molar-refractivity contribution in [3.63, 3.8) is 0 Å². The smallest absolute Gasteiger partial charge is 0.247 e. The minimum atomic E-state index is -0.602. The minimum Gasteiger partial charge on any atom is -0.294 e. The third kappa shape index (κ3) is 1.73. The molecule has 0 saturated carbocycles. The van der Waals surface area contributed by atoms with Gasteiger partial charge in [0, 0.05) is 0 Å². The molecule has 4 heteroatoms. The Balaban J connectivity index is 2.40. The zero-order valence-corrected chi connectivity index (χ0v) is 9.84. The number of thioether (sulfide) groups is 1. The van der Waals surface area contributed by atoms with Gasteiger partial charge in [-0.15, -0.1) is 11.8 Å². The minimum absolute atomic E-state index is 0.192. The van der Waals surface area contributed by atoms with Crippen molar-refractivity contribution < 1.29 is 9.59 Å². The Bertz CT molecular complexity index is 418. The van der Waals surface area contributed by atoms with Crippen LogP contribution >= 0.6 is 11.8 Å². The van der Waals surface area contributed by atoms with Crippen LogP contribution in [-0.2, 0) is 14.3 Å². The summed E-state index contributed by atoms with van der Waals surface area (Å²) in [4.78, 5) is 23.2. The van der Waals surface area contributed by atoms with Crippen LogP contribution in [0.3, 0.4) is 0 Å². The van der Waals surface area contributed by atoms with Gasteiger partial charge >= 0.3 is 0 Å². The summed E-state index contributed by atoms with van der Waals surface area (Å²) in [5.74, 6) is -0.0495. The molecule has 1 saturated heterocycles. The molecular weight excluding hydrogens is 222 g/mol. The van der Waals surface area contributed by atoms with Crippen LogP contribution in [0.5, 0.6) is 0 Å². The Hall–Kier alpha value is -1.29. The van der Waals surface area contributed by atoms with Gasteiger partial charge in [-0.3, -0.25) is 14.9 Å². The van der Waals surface area contributed by atoms with Gasteiger partial charge in [0.1, 0.15) is 4.75 Å². The number of benzene rings is 1. The Kier molecular flexibility index (Phi) is 3.01. The molecule has 0 aliphatic carbocycles. The summed E-state index contributed by atoms with van der Waals surface area (Å²) >= 11 is 1.42. The van der Waals surface area contributed by atoms with Crippen molar-refractivity contribution in [1.29, 1.82) is 0 Å². The molecule has 1 atom stereocenters. The van der Waals surface area contributed by atoms with Gasteiger partial charge in [-0.1, -0.05) is 37.3 Å². The Morgan fingerprint density at radius 1 is 1.31 bits per heavy atom. The van der Waals surface area contributed by atoms with Gasteiger partial charge in [0.2, 0.25) is 11.8 Å². The van der Waals surface area contributed by atoms with Crippen LogP contribution in [0.1, 0.15) is 18.9 Å². The van der Waals surface area contributed by atoms with Crippen molar-refractivity contribution in [2.24, 2.45) is 0 Å². The van der Waals surface area contributed by atoms with E-state index in [1.165, 1.54) is 11.8 Å². The average Bonchev–Trinajstić information content (AvgIpc) is 2.31. The first kappa shape index (κ1) is 11.2. The van der Waals surface area contributed by atoms with Crippen LogP contribution < -0.4 is 5.32 Å². The highest BCUT2D eigenvalue weighted by Crippen LogP contribution is 2.41. The second kappa shape index (κ2) is 4.29. The molecule has 0 aromatic heterocycles. The predicted octanol–water partition coefficient (Wildman–Crippen LogP) is 1.68. The molecule has 1 aromatic rings. The number of carbonyl (C=O) groups excluding carboxylic acids is 2. The van der Waals surface area contributed by atoms with E-state index in [2.05, 4.69) is 5.32 Å². The Labute approximate surface area is 98.6 Å². The van der Waals surface area contributed by atoms with E-state index in [4.69, 9.17) is 0 Å². The Morgan fingerprint density at radius 2 is 2.00 bits per heavy atom. The molecule has 1 aliphatic rings. The standard InChI is InChI=1S/C12H13NO2S/c1-2-12(9-6-4-3-5-7-9)11(15)13-10(14)8-16-12/h3-7H,2,8H2,1H3,(H,13,14,15)/t12-/m0/s1. The number of carbonyl (C=O) groups is 2. The van der Waals surface area contributed by atoms with E-state index >= 15 is 0 Å². The highest BCUT2D eigenvalue weighted by Gasteiger charge is 2.43. The molecule has 1 aliphatic heterocycles. The zero-order valence-electron chi connectivity index (χ0n) is 9.03. The fraction of sp³-hybridized carbons (Fsp3) is 0.333. The van der Waals surface area contributed by atoms with Gasteiger partial charge in [0.05, 0.1) is 5.75 Å². The molecule has 0 bridgehead atoms. The fourth-order valence-corrected chi connectivity index (χ4v) is 3.05. The molecule has 1 fully saturated rings. The van der Waals surface area contributed by atoms with E-state index in [0.717, 1.165) is 5.56 Å². The van der Waals surface area contributed by atoms with E-state index in [9.17, 15) is 9.59 Å². The first-order valence-electron chi connectivity index (χ1n) is 5.23. The summed E-state index contributed by atoms with van der Waals surface area (Å²) in [6.45, 7) is 1.97. The summed E-state index contributed by atoms with van der Waals surface area (Å²) in [5, 5.41) is 2.42. The lowest BCUT2D eigenvalue weighted by Crippen LogP contribution is -2.50. The van der Waals surface area contributed by atoms with Crippen LogP contribution in [-0.4, -0.2) is 17.6 Å². The van der Waals surface area contributed by atoms with E-state index in [-0.39, 0.29) is 11.8 Å². The topological polar surface area (TPSA) is 46.2 Å². The van der Waals surface area contributed by atoms with Crippen LogP contribution in [0.15, 0.2) is 30.3 Å². The third-order valence-electron chi connectivity index (χ3n) is 2.81. The first-order chi connectivity index (χ1) is 7.69. The lowest BCUT2D eigenvalue weighted by atomic mass is 9.94. The molecular formula is C12H13NO2S. The van der Waals surface area contributed by atoms with E-state index in [1.807, 2.05) is 37.3 Å². The maximum atomic E-state index is 12.0. The molecule has 0 unspecified atom stereocenters. The van der Waals surface area contributed by atoms with Gasteiger partial charge in [-0.25, -0.2) is 0 Å². The normalized spacial score (nSPS) is 25.3. The van der Waals surface area contributed by atoms with Crippen molar-refractivity contribution in [3.05, 3.63) is 35.9 Å². The van der Waals surface area contributed by atoms with E-state index < -0.39 is 4.75 Å². The molecule has 2 rings (SSSR count). The molecule has 3 nitrogen and oxygen atoms in total. The quantitative estimate of drug-likeness (QED) is 0.793. The zero-order chi connectivity index (χ0) is 11.6. The average molecular weight is 235 g/mol. The number of hydrogen-bond acceptors (Lipinski definition) is 3. The molecule has 1 N–H and O–H groups in total. The summed E-state index contributed by atoms with van der Waals surface area (Å²) in [6.07, 6.45) is 0.681. The SMILES string of the molecule is CC[C@@]1(c2ccccc2)SCC(=O)NC1=O. The van der Waals surface area contributed by atoms with Gasteiger partial charge in [0.25, 0.3) is 0 Å². The van der Waals surface area contributed by atoms with Crippen LogP contribution in [0, 0.1) is 0 Å². The lowest BCUT2D eigenvalue weighted by molar-refractivity contribution is -0.131. The molecule has 0 radical (unpaired) electrons.